The molecule has 0 atom stereocenters. The van der Waals surface area contributed by atoms with Crippen molar-refractivity contribution in [3.63, 3.8) is 0 Å². The Bertz CT molecular complexity index is 440. The number of nitrogens with zero attached hydrogens (tertiary/aromatic N) is 1. The molecule has 0 unspecified atom stereocenters. The highest BCUT2D eigenvalue weighted by Gasteiger charge is 2.34. The molecular formula is C17H25NO2. The van der Waals surface area contributed by atoms with Gasteiger partial charge in [-0.3, -0.25) is 0 Å². The van der Waals surface area contributed by atoms with Gasteiger partial charge in [0, 0.05) is 37.4 Å². The molecule has 1 aromatic rings. The summed E-state index contributed by atoms with van der Waals surface area (Å²) in [7, 11) is 0. The molecule has 2 aliphatic heterocycles. The van der Waals surface area contributed by atoms with E-state index in [2.05, 4.69) is 29.2 Å². The first-order valence-electron chi connectivity index (χ1n) is 7.84. The molecule has 3 heteroatoms. The van der Waals surface area contributed by atoms with E-state index in [1.165, 1.54) is 30.5 Å². The molecule has 0 amide bonds. The SMILES string of the molecule is OCC1(CN2CCCCc3ccccc32)CCOCC1. The van der Waals surface area contributed by atoms with E-state index in [1.54, 1.807) is 0 Å². The second kappa shape index (κ2) is 6.15. The molecule has 2 aliphatic rings. The number of hydrogen-bond acceptors (Lipinski definition) is 3. The van der Waals surface area contributed by atoms with Gasteiger partial charge in [0.2, 0.25) is 0 Å². The van der Waals surface area contributed by atoms with Gasteiger partial charge in [-0.05, 0) is 43.7 Å². The zero-order chi connectivity index (χ0) is 13.8. The summed E-state index contributed by atoms with van der Waals surface area (Å²) in [5.74, 6) is 0. The van der Waals surface area contributed by atoms with Gasteiger partial charge < -0.3 is 14.7 Å². The number of benzene rings is 1. The van der Waals surface area contributed by atoms with Crippen LogP contribution in [-0.4, -0.2) is 38.0 Å². The Labute approximate surface area is 121 Å². The van der Waals surface area contributed by atoms with Gasteiger partial charge >= 0.3 is 0 Å². The lowest BCUT2D eigenvalue weighted by molar-refractivity contribution is -0.0118. The fraction of sp³-hybridized carbons (Fsp3) is 0.647. The quantitative estimate of drug-likeness (QED) is 0.920. The van der Waals surface area contributed by atoms with Crippen molar-refractivity contribution in [1.29, 1.82) is 0 Å². The average Bonchev–Trinajstić information content (AvgIpc) is 2.71. The third kappa shape index (κ3) is 2.84. The highest BCUT2D eigenvalue weighted by molar-refractivity contribution is 5.54. The minimum Gasteiger partial charge on any atom is -0.396 e. The number of aryl methyl sites for hydroxylation is 1. The summed E-state index contributed by atoms with van der Waals surface area (Å²) in [5.41, 5.74) is 2.87. The third-order valence-corrected chi connectivity index (χ3v) is 4.87. The van der Waals surface area contributed by atoms with E-state index in [0.717, 1.165) is 39.1 Å². The first-order valence-corrected chi connectivity index (χ1v) is 7.84. The summed E-state index contributed by atoms with van der Waals surface area (Å²) < 4.78 is 5.48. The number of rotatable bonds is 3. The Kier molecular flexibility index (Phi) is 4.27. The molecule has 1 N–H and O–H groups in total. The van der Waals surface area contributed by atoms with Crippen molar-refractivity contribution < 1.29 is 9.84 Å². The van der Waals surface area contributed by atoms with Gasteiger partial charge in [0.1, 0.15) is 0 Å². The van der Waals surface area contributed by atoms with Crippen LogP contribution in [0.3, 0.4) is 0 Å². The number of para-hydroxylation sites is 1. The standard InChI is InChI=1S/C17H25NO2/c19-14-17(8-11-20-12-9-17)13-18-10-4-3-6-15-5-1-2-7-16(15)18/h1-2,5,7,19H,3-4,6,8-14H2. The molecule has 20 heavy (non-hydrogen) atoms. The Hall–Kier alpha value is -1.06. The normalized spacial score (nSPS) is 22.1. The number of fused-ring (bicyclic) bond motifs is 1. The van der Waals surface area contributed by atoms with Crippen LogP contribution in [-0.2, 0) is 11.2 Å². The Balaban J connectivity index is 1.82. The van der Waals surface area contributed by atoms with Gasteiger partial charge in [-0.25, -0.2) is 0 Å². The summed E-state index contributed by atoms with van der Waals surface area (Å²) in [5, 5.41) is 9.91. The summed E-state index contributed by atoms with van der Waals surface area (Å²) in [6, 6.07) is 8.76. The number of aliphatic hydroxyl groups excluding tert-OH is 1. The van der Waals surface area contributed by atoms with E-state index >= 15 is 0 Å². The molecule has 0 bridgehead atoms. The predicted molar refractivity (Wildman–Crippen MR) is 81.2 cm³/mol. The van der Waals surface area contributed by atoms with Crippen LogP contribution < -0.4 is 4.90 Å². The van der Waals surface area contributed by atoms with E-state index in [1.807, 2.05) is 0 Å². The fourth-order valence-electron chi connectivity index (χ4n) is 3.51. The third-order valence-electron chi connectivity index (χ3n) is 4.87. The lowest BCUT2D eigenvalue weighted by Crippen LogP contribution is -2.44. The van der Waals surface area contributed by atoms with Crippen LogP contribution in [0.15, 0.2) is 24.3 Å². The molecule has 0 spiro atoms. The average molecular weight is 275 g/mol. The van der Waals surface area contributed by atoms with Crippen LogP contribution in [0.5, 0.6) is 0 Å². The smallest absolute Gasteiger partial charge is 0.0506 e. The maximum Gasteiger partial charge on any atom is 0.0506 e. The molecule has 1 aromatic carbocycles. The van der Waals surface area contributed by atoms with Crippen molar-refractivity contribution in [1.82, 2.24) is 0 Å². The largest absolute Gasteiger partial charge is 0.396 e. The highest BCUT2D eigenvalue weighted by Crippen LogP contribution is 2.35. The molecule has 2 heterocycles. The van der Waals surface area contributed by atoms with Crippen molar-refractivity contribution in [3.8, 4) is 0 Å². The van der Waals surface area contributed by atoms with Crippen molar-refractivity contribution in [2.75, 3.05) is 37.8 Å². The van der Waals surface area contributed by atoms with Crippen LogP contribution in [0.2, 0.25) is 0 Å². The molecule has 0 aromatic heterocycles. The Morgan fingerprint density at radius 2 is 1.95 bits per heavy atom. The Morgan fingerprint density at radius 3 is 2.75 bits per heavy atom. The fourth-order valence-corrected chi connectivity index (χ4v) is 3.51. The summed E-state index contributed by atoms with van der Waals surface area (Å²) in [6.45, 7) is 3.92. The molecule has 3 rings (SSSR count). The van der Waals surface area contributed by atoms with E-state index in [-0.39, 0.29) is 12.0 Å². The maximum absolute atomic E-state index is 9.91. The van der Waals surface area contributed by atoms with Crippen LogP contribution in [0.1, 0.15) is 31.2 Å². The van der Waals surface area contributed by atoms with E-state index in [9.17, 15) is 5.11 Å². The predicted octanol–water partition coefficient (Wildman–Crippen LogP) is 2.62. The van der Waals surface area contributed by atoms with Gasteiger partial charge in [-0.15, -0.1) is 0 Å². The lowest BCUT2D eigenvalue weighted by atomic mass is 9.80. The number of hydrogen-bond donors (Lipinski definition) is 1. The number of ether oxygens (including phenoxy) is 1. The van der Waals surface area contributed by atoms with Crippen LogP contribution in [0.4, 0.5) is 5.69 Å². The van der Waals surface area contributed by atoms with Crippen molar-refractivity contribution in [2.45, 2.75) is 32.1 Å². The molecule has 1 fully saturated rings. The van der Waals surface area contributed by atoms with Crippen LogP contribution >= 0.6 is 0 Å². The highest BCUT2D eigenvalue weighted by atomic mass is 16.5. The minimum atomic E-state index is 0.0235. The van der Waals surface area contributed by atoms with Gasteiger partial charge in [0.25, 0.3) is 0 Å². The van der Waals surface area contributed by atoms with Crippen LogP contribution in [0.25, 0.3) is 0 Å². The molecule has 0 aliphatic carbocycles. The first kappa shape index (κ1) is 13.9. The maximum atomic E-state index is 9.91. The second-order valence-corrected chi connectivity index (χ2v) is 6.28. The molecular weight excluding hydrogens is 250 g/mol. The zero-order valence-electron chi connectivity index (χ0n) is 12.2. The van der Waals surface area contributed by atoms with Gasteiger partial charge in [0.05, 0.1) is 6.61 Å². The number of aliphatic hydroxyl groups is 1. The zero-order valence-corrected chi connectivity index (χ0v) is 12.2. The topological polar surface area (TPSA) is 32.7 Å². The second-order valence-electron chi connectivity index (χ2n) is 6.28. The Morgan fingerprint density at radius 1 is 1.15 bits per heavy atom. The van der Waals surface area contributed by atoms with Crippen molar-refractivity contribution >= 4 is 5.69 Å². The van der Waals surface area contributed by atoms with E-state index in [0.29, 0.717) is 0 Å². The van der Waals surface area contributed by atoms with Gasteiger partial charge in [-0.1, -0.05) is 18.2 Å². The molecule has 0 saturated carbocycles. The van der Waals surface area contributed by atoms with Gasteiger partial charge in [0.15, 0.2) is 0 Å². The van der Waals surface area contributed by atoms with E-state index in [4.69, 9.17) is 4.74 Å². The summed E-state index contributed by atoms with van der Waals surface area (Å²) in [4.78, 5) is 2.50. The molecule has 110 valence electrons. The van der Waals surface area contributed by atoms with Crippen molar-refractivity contribution in [2.24, 2.45) is 5.41 Å². The monoisotopic (exact) mass is 275 g/mol. The summed E-state index contributed by atoms with van der Waals surface area (Å²) >= 11 is 0. The minimum absolute atomic E-state index is 0.0235. The van der Waals surface area contributed by atoms with Crippen LogP contribution in [0, 0.1) is 5.41 Å². The molecule has 3 nitrogen and oxygen atoms in total. The lowest BCUT2D eigenvalue weighted by Gasteiger charge is -2.40. The van der Waals surface area contributed by atoms with Crippen molar-refractivity contribution in [3.05, 3.63) is 29.8 Å². The van der Waals surface area contributed by atoms with Gasteiger partial charge in [-0.2, -0.15) is 0 Å². The van der Waals surface area contributed by atoms with E-state index < -0.39 is 0 Å². The first-order chi connectivity index (χ1) is 9.83. The molecule has 1 saturated heterocycles. The summed E-state index contributed by atoms with van der Waals surface area (Å²) in [6.07, 6.45) is 5.64. The molecule has 0 radical (unpaired) electrons. The number of anilines is 1.